The van der Waals surface area contributed by atoms with E-state index in [1.165, 1.54) is 24.5 Å². The molecule has 0 aliphatic heterocycles. The molecular weight excluding hydrogens is 280 g/mol. The zero-order chi connectivity index (χ0) is 14.8. The minimum absolute atomic E-state index is 0.130. The molecule has 0 spiro atoms. The van der Waals surface area contributed by atoms with Crippen molar-refractivity contribution in [2.75, 3.05) is 14.2 Å². The predicted molar refractivity (Wildman–Crippen MR) is 72.9 cm³/mol. The number of nitrogens with zero attached hydrogens (tertiary/aromatic N) is 2. The largest absolute Gasteiger partial charge is 0.495 e. The van der Waals surface area contributed by atoms with E-state index in [1.54, 1.807) is 31.2 Å². The molecule has 20 heavy (non-hydrogen) atoms. The molecule has 0 saturated heterocycles. The topological polar surface area (TPSA) is 72.6 Å². The summed E-state index contributed by atoms with van der Waals surface area (Å²) in [5.41, 5.74) is 0.559. The Labute approximate surface area is 118 Å². The highest BCUT2D eigenvalue weighted by Crippen LogP contribution is 2.26. The van der Waals surface area contributed by atoms with Crippen LogP contribution in [0.1, 0.15) is 11.5 Å². The van der Waals surface area contributed by atoms with Crippen molar-refractivity contribution in [2.45, 2.75) is 18.4 Å². The number of sulfonamides is 1. The average Bonchev–Trinajstić information content (AvgIpc) is 2.84. The Morgan fingerprint density at radius 2 is 2.05 bits per heavy atom. The molecular formula is C13H16N2O4S. The van der Waals surface area contributed by atoms with Gasteiger partial charge in [0.1, 0.15) is 16.4 Å². The lowest BCUT2D eigenvalue weighted by Crippen LogP contribution is -2.27. The third kappa shape index (κ3) is 2.83. The van der Waals surface area contributed by atoms with E-state index in [0.717, 1.165) is 0 Å². The number of benzene rings is 1. The number of methoxy groups -OCH3 is 1. The molecule has 0 aliphatic carbocycles. The molecule has 1 aromatic carbocycles. The van der Waals surface area contributed by atoms with Gasteiger partial charge in [0.05, 0.1) is 19.3 Å². The summed E-state index contributed by atoms with van der Waals surface area (Å²) in [5.74, 6) is 0.957. The summed E-state index contributed by atoms with van der Waals surface area (Å²) >= 11 is 0. The highest BCUT2D eigenvalue weighted by molar-refractivity contribution is 7.89. The van der Waals surface area contributed by atoms with Crippen LogP contribution in [0.15, 0.2) is 39.8 Å². The first kappa shape index (κ1) is 14.5. The van der Waals surface area contributed by atoms with Crippen LogP contribution in [0, 0.1) is 6.92 Å². The fourth-order valence-electron chi connectivity index (χ4n) is 1.81. The molecule has 0 unspecified atom stereocenters. The van der Waals surface area contributed by atoms with Crippen molar-refractivity contribution < 1.29 is 17.7 Å². The van der Waals surface area contributed by atoms with Gasteiger partial charge in [-0.2, -0.15) is 4.31 Å². The molecule has 1 aromatic heterocycles. The second kappa shape index (κ2) is 5.64. The van der Waals surface area contributed by atoms with E-state index in [-0.39, 0.29) is 11.4 Å². The fraction of sp³-hybridized carbons (Fsp3) is 0.308. The van der Waals surface area contributed by atoms with E-state index < -0.39 is 10.0 Å². The lowest BCUT2D eigenvalue weighted by atomic mass is 10.3. The lowest BCUT2D eigenvalue weighted by Gasteiger charge is -2.17. The summed E-state index contributed by atoms with van der Waals surface area (Å²) < 4.78 is 36.3. The van der Waals surface area contributed by atoms with Crippen molar-refractivity contribution in [3.8, 4) is 5.75 Å². The Kier molecular flexibility index (Phi) is 4.10. The molecule has 1 heterocycles. The van der Waals surface area contributed by atoms with Crippen molar-refractivity contribution in [3.05, 3.63) is 41.8 Å². The summed E-state index contributed by atoms with van der Waals surface area (Å²) in [6, 6.07) is 8.20. The average molecular weight is 296 g/mol. The van der Waals surface area contributed by atoms with Gasteiger partial charge >= 0.3 is 0 Å². The molecule has 7 heteroatoms. The molecule has 0 saturated carbocycles. The van der Waals surface area contributed by atoms with Crippen LogP contribution >= 0.6 is 0 Å². The number of aryl methyl sites for hydroxylation is 1. The summed E-state index contributed by atoms with van der Waals surface area (Å²) in [7, 11) is -0.712. The first-order valence-electron chi connectivity index (χ1n) is 5.96. The Balaban J connectivity index is 2.29. The van der Waals surface area contributed by atoms with Gasteiger partial charge in [0.25, 0.3) is 0 Å². The summed E-state index contributed by atoms with van der Waals surface area (Å²) in [4.78, 5) is 0.130. The molecule has 6 nitrogen and oxygen atoms in total. The van der Waals surface area contributed by atoms with E-state index in [4.69, 9.17) is 9.26 Å². The van der Waals surface area contributed by atoms with Crippen molar-refractivity contribution in [1.82, 2.24) is 9.46 Å². The first-order chi connectivity index (χ1) is 9.45. The van der Waals surface area contributed by atoms with Crippen LogP contribution < -0.4 is 4.74 Å². The van der Waals surface area contributed by atoms with E-state index in [9.17, 15) is 8.42 Å². The van der Waals surface area contributed by atoms with Crippen LogP contribution in [0.2, 0.25) is 0 Å². The number of aromatic nitrogens is 1. The number of rotatable bonds is 5. The monoisotopic (exact) mass is 296 g/mol. The first-order valence-corrected chi connectivity index (χ1v) is 7.40. The van der Waals surface area contributed by atoms with Crippen LogP contribution in [0.5, 0.6) is 5.75 Å². The van der Waals surface area contributed by atoms with Gasteiger partial charge in [-0.3, -0.25) is 0 Å². The second-order valence-electron chi connectivity index (χ2n) is 4.34. The van der Waals surface area contributed by atoms with Crippen LogP contribution in [0.3, 0.4) is 0 Å². The molecule has 0 aliphatic rings. The van der Waals surface area contributed by atoms with Gasteiger partial charge < -0.3 is 9.26 Å². The van der Waals surface area contributed by atoms with E-state index in [0.29, 0.717) is 17.2 Å². The van der Waals surface area contributed by atoms with E-state index in [2.05, 4.69) is 5.16 Å². The third-order valence-corrected chi connectivity index (χ3v) is 4.66. The highest BCUT2D eigenvalue weighted by Gasteiger charge is 2.25. The summed E-state index contributed by atoms with van der Waals surface area (Å²) in [6.45, 7) is 1.89. The maximum atomic E-state index is 12.5. The molecule has 0 atom stereocenters. The number of hydrogen-bond donors (Lipinski definition) is 0. The molecule has 0 radical (unpaired) electrons. The van der Waals surface area contributed by atoms with Gasteiger partial charge in [-0.15, -0.1) is 0 Å². The van der Waals surface area contributed by atoms with Crippen LogP contribution in [0.4, 0.5) is 0 Å². The minimum Gasteiger partial charge on any atom is -0.495 e. The van der Waals surface area contributed by atoms with Crippen LogP contribution in [0.25, 0.3) is 0 Å². The van der Waals surface area contributed by atoms with Crippen molar-refractivity contribution in [1.29, 1.82) is 0 Å². The van der Waals surface area contributed by atoms with E-state index in [1.807, 2.05) is 0 Å². The Bertz CT molecular complexity index is 694. The Morgan fingerprint density at radius 1 is 1.35 bits per heavy atom. The smallest absolute Gasteiger partial charge is 0.246 e. The standard InChI is InChI=1S/C13H16N2O4S/c1-10-8-11(14-19-10)9-15(2)20(16,17)13-7-5-4-6-12(13)18-3/h4-8H,9H2,1-3H3. The lowest BCUT2D eigenvalue weighted by molar-refractivity contribution is 0.376. The molecule has 0 amide bonds. The maximum Gasteiger partial charge on any atom is 0.246 e. The number of hydrogen-bond acceptors (Lipinski definition) is 5. The third-order valence-electron chi connectivity index (χ3n) is 2.82. The number of ether oxygens (including phenoxy) is 1. The van der Waals surface area contributed by atoms with Crippen LogP contribution in [-0.4, -0.2) is 32.0 Å². The second-order valence-corrected chi connectivity index (χ2v) is 6.35. The zero-order valence-corrected chi connectivity index (χ0v) is 12.3. The van der Waals surface area contributed by atoms with Gasteiger partial charge in [0.2, 0.25) is 10.0 Å². The van der Waals surface area contributed by atoms with Crippen molar-refractivity contribution >= 4 is 10.0 Å². The summed E-state index contributed by atoms with van der Waals surface area (Å²) in [5, 5.41) is 3.79. The predicted octanol–water partition coefficient (Wildman–Crippen LogP) is 1.81. The van der Waals surface area contributed by atoms with E-state index >= 15 is 0 Å². The van der Waals surface area contributed by atoms with Gasteiger partial charge in [-0.05, 0) is 19.1 Å². The van der Waals surface area contributed by atoms with Gasteiger partial charge in [-0.25, -0.2) is 8.42 Å². The van der Waals surface area contributed by atoms with Gasteiger partial charge in [-0.1, -0.05) is 17.3 Å². The quantitative estimate of drug-likeness (QED) is 0.841. The maximum absolute atomic E-state index is 12.5. The molecule has 0 bridgehead atoms. The zero-order valence-electron chi connectivity index (χ0n) is 11.5. The Morgan fingerprint density at radius 3 is 2.65 bits per heavy atom. The Hall–Kier alpha value is -1.86. The van der Waals surface area contributed by atoms with Crippen molar-refractivity contribution in [2.24, 2.45) is 0 Å². The number of para-hydroxylation sites is 1. The molecule has 0 fully saturated rings. The van der Waals surface area contributed by atoms with Gasteiger partial charge in [0, 0.05) is 13.1 Å². The molecule has 2 rings (SSSR count). The molecule has 108 valence electrons. The minimum atomic E-state index is -3.64. The van der Waals surface area contributed by atoms with Crippen molar-refractivity contribution in [3.63, 3.8) is 0 Å². The normalized spacial score (nSPS) is 11.8. The fourth-order valence-corrected chi connectivity index (χ4v) is 3.10. The van der Waals surface area contributed by atoms with Gasteiger partial charge in [0.15, 0.2) is 0 Å². The SMILES string of the molecule is COc1ccccc1S(=O)(=O)N(C)Cc1cc(C)on1. The van der Waals surface area contributed by atoms with Crippen LogP contribution in [-0.2, 0) is 16.6 Å². The molecule has 0 N–H and O–H groups in total. The summed E-state index contributed by atoms with van der Waals surface area (Å²) in [6.07, 6.45) is 0. The highest BCUT2D eigenvalue weighted by atomic mass is 32.2. The molecule has 2 aromatic rings.